The molecule has 4 N–H and O–H groups in total. The van der Waals surface area contributed by atoms with Crippen molar-refractivity contribution >= 4 is 11.9 Å². The first-order valence-corrected chi connectivity index (χ1v) is 20.9. The van der Waals surface area contributed by atoms with Gasteiger partial charge in [0, 0.05) is 12.8 Å². The van der Waals surface area contributed by atoms with E-state index in [1.54, 1.807) is 0 Å². The van der Waals surface area contributed by atoms with Crippen molar-refractivity contribution in [2.24, 2.45) is 0 Å². The van der Waals surface area contributed by atoms with Crippen molar-refractivity contribution in [2.45, 2.75) is 211 Å². The molecule has 1 aliphatic rings. The molecule has 6 unspecified atom stereocenters. The maximum Gasteiger partial charge on any atom is 0.306 e. The van der Waals surface area contributed by atoms with E-state index in [9.17, 15) is 30.0 Å². The molecule has 0 aromatic heterocycles. The zero-order chi connectivity index (χ0) is 38.1. The highest BCUT2D eigenvalue weighted by Gasteiger charge is 2.44. The normalized spacial score (nSPS) is 21.2. The third kappa shape index (κ3) is 25.2. The van der Waals surface area contributed by atoms with Gasteiger partial charge in [0.2, 0.25) is 0 Å². The number of hydrogen-bond acceptors (Lipinski definition) is 10. The van der Waals surface area contributed by atoms with Crippen LogP contribution in [0.5, 0.6) is 0 Å². The fourth-order valence-corrected chi connectivity index (χ4v) is 6.18. The van der Waals surface area contributed by atoms with Crippen LogP contribution in [-0.2, 0) is 28.5 Å². The highest BCUT2D eigenvalue weighted by molar-refractivity contribution is 5.70. The molecular formula is C42H76O10. The Balaban J connectivity index is 2.35. The molecule has 0 aromatic rings. The van der Waals surface area contributed by atoms with Gasteiger partial charge in [-0.3, -0.25) is 9.59 Å². The van der Waals surface area contributed by atoms with Crippen LogP contribution in [0.15, 0.2) is 24.3 Å². The summed E-state index contributed by atoms with van der Waals surface area (Å²) in [6.07, 6.45) is 27.6. The molecular weight excluding hydrogens is 664 g/mol. The molecule has 6 atom stereocenters. The summed E-state index contributed by atoms with van der Waals surface area (Å²) in [6.45, 7) is 3.33. The highest BCUT2D eigenvalue weighted by Crippen LogP contribution is 2.22. The standard InChI is InChI=1S/C42H76O10/c1-3-5-7-9-11-13-15-16-17-18-19-20-21-23-25-27-29-31-38(45)51-35(34-50-42-41(48)40(47)39(46)36(32-43)52-42)33-49-37(44)30-28-26-24-22-14-12-10-8-6-4-2/h8,10,16-17,35-36,39-43,46-48H,3-7,9,11-15,18-34H2,1-2H3/b10-8-,17-16-. The number of unbranched alkanes of at least 4 members (excludes halogenated alkanes) is 19. The lowest BCUT2D eigenvalue weighted by Gasteiger charge is -2.39. The maximum absolute atomic E-state index is 12.7. The van der Waals surface area contributed by atoms with Crippen LogP contribution in [-0.4, -0.2) is 89.0 Å². The van der Waals surface area contributed by atoms with Gasteiger partial charge in [0.15, 0.2) is 12.4 Å². The lowest BCUT2D eigenvalue weighted by atomic mass is 9.99. The summed E-state index contributed by atoms with van der Waals surface area (Å²) < 4.78 is 22.1. The summed E-state index contributed by atoms with van der Waals surface area (Å²) in [5, 5.41) is 39.9. The first-order valence-electron chi connectivity index (χ1n) is 20.9. The predicted octanol–water partition coefficient (Wildman–Crippen LogP) is 8.16. The molecule has 0 bridgehead atoms. The quantitative estimate of drug-likeness (QED) is 0.0289. The number of hydrogen-bond donors (Lipinski definition) is 4. The van der Waals surface area contributed by atoms with Gasteiger partial charge in [0.05, 0.1) is 13.2 Å². The Kier molecular flexibility index (Phi) is 31.3. The fraction of sp³-hybridized carbons (Fsp3) is 0.857. The fourth-order valence-electron chi connectivity index (χ4n) is 6.18. The van der Waals surface area contributed by atoms with Gasteiger partial charge in [0.1, 0.15) is 31.0 Å². The van der Waals surface area contributed by atoms with Crippen LogP contribution in [0.25, 0.3) is 0 Å². The second kappa shape index (κ2) is 33.7. The average Bonchev–Trinajstić information content (AvgIpc) is 3.14. The summed E-state index contributed by atoms with van der Waals surface area (Å²) in [7, 11) is 0. The minimum Gasteiger partial charge on any atom is -0.462 e. The van der Waals surface area contributed by atoms with E-state index in [0.717, 1.165) is 64.2 Å². The van der Waals surface area contributed by atoms with Crippen molar-refractivity contribution in [3.63, 3.8) is 0 Å². The van der Waals surface area contributed by atoms with E-state index in [1.165, 1.54) is 70.6 Å². The van der Waals surface area contributed by atoms with Crippen LogP contribution in [0.2, 0.25) is 0 Å². The summed E-state index contributed by atoms with van der Waals surface area (Å²) in [5.41, 5.74) is 0. The molecule has 1 saturated heterocycles. The number of allylic oxidation sites excluding steroid dienone is 4. The molecule has 1 rings (SSSR count). The van der Waals surface area contributed by atoms with Gasteiger partial charge in [-0.25, -0.2) is 0 Å². The van der Waals surface area contributed by atoms with Crippen LogP contribution in [0, 0.1) is 0 Å². The van der Waals surface area contributed by atoms with Gasteiger partial charge >= 0.3 is 11.9 Å². The third-order valence-corrected chi connectivity index (χ3v) is 9.54. The molecule has 0 spiro atoms. The van der Waals surface area contributed by atoms with Gasteiger partial charge < -0.3 is 39.4 Å². The first-order chi connectivity index (χ1) is 25.3. The second-order valence-corrected chi connectivity index (χ2v) is 14.4. The minimum atomic E-state index is -1.59. The molecule has 1 fully saturated rings. The Morgan fingerprint density at radius 1 is 0.577 bits per heavy atom. The van der Waals surface area contributed by atoms with Crippen LogP contribution in [0.4, 0.5) is 0 Å². The molecule has 10 heteroatoms. The molecule has 0 radical (unpaired) electrons. The van der Waals surface area contributed by atoms with Gasteiger partial charge in [-0.2, -0.15) is 0 Å². The predicted molar refractivity (Wildman–Crippen MR) is 206 cm³/mol. The lowest BCUT2D eigenvalue weighted by molar-refractivity contribution is -0.305. The van der Waals surface area contributed by atoms with E-state index in [-0.39, 0.29) is 32.0 Å². The number of esters is 2. The topological polar surface area (TPSA) is 152 Å². The van der Waals surface area contributed by atoms with E-state index in [0.29, 0.717) is 12.8 Å². The molecule has 0 aliphatic carbocycles. The molecule has 0 amide bonds. The number of carbonyl (C=O) groups is 2. The van der Waals surface area contributed by atoms with Crippen molar-refractivity contribution in [3.8, 4) is 0 Å². The zero-order valence-corrected chi connectivity index (χ0v) is 32.8. The number of aliphatic hydroxyl groups excluding tert-OH is 4. The van der Waals surface area contributed by atoms with Crippen LogP contribution >= 0.6 is 0 Å². The van der Waals surface area contributed by atoms with Crippen molar-refractivity contribution in [1.29, 1.82) is 0 Å². The van der Waals surface area contributed by atoms with Crippen LogP contribution in [0.3, 0.4) is 0 Å². The van der Waals surface area contributed by atoms with Gasteiger partial charge in [-0.05, 0) is 57.8 Å². The average molecular weight is 741 g/mol. The van der Waals surface area contributed by atoms with Crippen LogP contribution < -0.4 is 0 Å². The Morgan fingerprint density at radius 3 is 1.58 bits per heavy atom. The summed E-state index contributed by atoms with van der Waals surface area (Å²) in [5.74, 6) is -0.823. The minimum absolute atomic E-state index is 0.222. The summed E-state index contributed by atoms with van der Waals surface area (Å²) in [4.78, 5) is 25.2. The molecule has 304 valence electrons. The van der Waals surface area contributed by atoms with E-state index >= 15 is 0 Å². The SMILES string of the molecule is CCC/C=C\CCCCCCCC(=O)OCC(COC1OC(CO)C(O)C(O)C1O)OC(=O)CCCCCCCCC/C=C\CCCCCCCC. The first kappa shape index (κ1) is 48.2. The van der Waals surface area contributed by atoms with E-state index in [4.69, 9.17) is 18.9 Å². The Bertz CT molecular complexity index is 907. The molecule has 10 nitrogen and oxygen atoms in total. The monoisotopic (exact) mass is 741 g/mol. The number of rotatable bonds is 34. The maximum atomic E-state index is 12.7. The molecule has 0 aromatic carbocycles. The zero-order valence-electron chi connectivity index (χ0n) is 32.8. The lowest BCUT2D eigenvalue weighted by Crippen LogP contribution is -2.59. The molecule has 52 heavy (non-hydrogen) atoms. The molecule has 0 saturated carbocycles. The largest absolute Gasteiger partial charge is 0.462 e. The van der Waals surface area contributed by atoms with E-state index in [2.05, 4.69) is 38.2 Å². The van der Waals surface area contributed by atoms with Crippen molar-refractivity contribution < 1.29 is 49.0 Å². The Hall–Kier alpha value is -1.82. The van der Waals surface area contributed by atoms with Crippen LogP contribution in [0.1, 0.15) is 174 Å². The molecule has 1 heterocycles. The van der Waals surface area contributed by atoms with Gasteiger partial charge in [-0.15, -0.1) is 0 Å². The number of carbonyl (C=O) groups excluding carboxylic acids is 2. The molecule has 1 aliphatic heterocycles. The Labute approximate surface area is 315 Å². The Morgan fingerprint density at radius 2 is 1.06 bits per heavy atom. The summed E-state index contributed by atoms with van der Waals surface area (Å²) in [6, 6.07) is 0. The van der Waals surface area contributed by atoms with Crippen molar-refractivity contribution in [1.82, 2.24) is 0 Å². The van der Waals surface area contributed by atoms with E-state index in [1.807, 2.05) is 0 Å². The van der Waals surface area contributed by atoms with Gasteiger partial charge in [-0.1, -0.05) is 128 Å². The number of aliphatic hydroxyl groups is 4. The van der Waals surface area contributed by atoms with Crippen molar-refractivity contribution in [3.05, 3.63) is 24.3 Å². The second-order valence-electron chi connectivity index (χ2n) is 14.4. The highest BCUT2D eigenvalue weighted by atomic mass is 16.7. The summed E-state index contributed by atoms with van der Waals surface area (Å²) >= 11 is 0. The van der Waals surface area contributed by atoms with Crippen molar-refractivity contribution in [2.75, 3.05) is 19.8 Å². The smallest absolute Gasteiger partial charge is 0.306 e. The third-order valence-electron chi connectivity index (χ3n) is 9.54. The number of ether oxygens (including phenoxy) is 4. The van der Waals surface area contributed by atoms with E-state index < -0.39 is 49.4 Å². The van der Waals surface area contributed by atoms with Gasteiger partial charge in [0.25, 0.3) is 0 Å².